The first-order valence-electron chi connectivity index (χ1n) is 4.66. The second-order valence-electron chi connectivity index (χ2n) is 3.14. The van der Waals surface area contributed by atoms with E-state index in [0.29, 0.717) is 6.42 Å². The van der Waals surface area contributed by atoms with E-state index in [9.17, 15) is 0 Å². The molecule has 0 spiro atoms. The zero-order valence-electron chi connectivity index (χ0n) is 8.88. The molecule has 0 amide bonds. The lowest BCUT2D eigenvalue weighted by Crippen LogP contribution is -2.25. The smallest absolute Gasteiger partial charge is 0.172 e. The predicted molar refractivity (Wildman–Crippen MR) is 54.9 cm³/mol. The van der Waals surface area contributed by atoms with Gasteiger partial charge in [-0.05, 0) is 18.1 Å². The number of pyridine rings is 1. The molecule has 0 bridgehead atoms. The van der Waals surface area contributed by atoms with Crippen molar-refractivity contribution in [3.05, 3.63) is 30.1 Å². The molecule has 4 heteroatoms. The molecule has 0 fully saturated rings. The third kappa shape index (κ3) is 3.31. The van der Waals surface area contributed by atoms with Crippen molar-refractivity contribution in [1.29, 1.82) is 5.26 Å². The lowest BCUT2D eigenvalue weighted by molar-refractivity contribution is -0.124. The minimum Gasteiger partial charge on any atom is -0.354 e. The van der Waals surface area contributed by atoms with Crippen molar-refractivity contribution in [3.8, 4) is 6.07 Å². The summed E-state index contributed by atoms with van der Waals surface area (Å²) in [6.45, 7) is 0. The average Bonchev–Trinajstić information content (AvgIpc) is 2.30. The molecule has 0 aliphatic rings. The molecule has 0 N–H and O–H groups in total. The van der Waals surface area contributed by atoms with E-state index < -0.39 is 6.29 Å². The van der Waals surface area contributed by atoms with E-state index >= 15 is 0 Å². The summed E-state index contributed by atoms with van der Waals surface area (Å²) in [6.07, 6.45) is 3.54. The molecule has 1 unspecified atom stereocenters. The van der Waals surface area contributed by atoms with Crippen molar-refractivity contribution >= 4 is 0 Å². The molecule has 0 saturated heterocycles. The van der Waals surface area contributed by atoms with Crippen LogP contribution in [0.5, 0.6) is 0 Å². The van der Waals surface area contributed by atoms with E-state index in [4.69, 9.17) is 14.7 Å². The number of ether oxygens (including phenoxy) is 2. The van der Waals surface area contributed by atoms with Gasteiger partial charge in [0.05, 0.1) is 6.07 Å². The zero-order valence-corrected chi connectivity index (χ0v) is 8.88. The summed E-state index contributed by atoms with van der Waals surface area (Å²) in [4.78, 5) is 3.99. The van der Waals surface area contributed by atoms with Gasteiger partial charge in [-0.1, -0.05) is 6.07 Å². The van der Waals surface area contributed by atoms with Crippen LogP contribution in [0.1, 0.15) is 5.56 Å². The van der Waals surface area contributed by atoms with Gasteiger partial charge in [0.2, 0.25) is 0 Å². The highest BCUT2D eigenvalue weighted by atomic mass is 16.7. The van der Waals surface area contributed by atoms with E-state index in [2.05, 4.69) is 11.1 Å². The highest BCUT2D eigenvalue weighted by Crippen LogP contribution is 2.13. The lowest BCUT2D eigenvalue weighted by atomic mass is 10.0. The molecule has 15 heavy (non-hydrogen) atoms. The maximum atomic E-state index is 8.99. The molecule has 1 aromatic heterocycles. The quantitative estimate of drug-likeness (QED) is 0.683. The molecule has 1 atom stereocenters. The van der Waals surface area contributed by atoms with Crippen molar-refractivity contribution in [1.82, 2.24) is 4.98 Å². The van der Waals surface area contributed by atoms with Gasteiger partial charge in [0, 0.05) is 26.6 Å². The molecule has 4 nitrogen and oxygen atoms in total. The standard InChI is InChI=1S/C11H14N2O2/c1-14-11(15-2)10(7-12)6-9-4-3-5-13-8-9/h3-5,8,10-11H,6H2,1-2H3. The third-order valence-corrected chi connectivity index (χ3v) is 2.14. The molecule has 0 aliphatic heterocycles. The Hall–Kier alpha value is -1.44. The van der Waals surface area contributed by atoms with Gasteiger partial charge in [0.25, 0.3) is 0 Å². The van der Waals surface area contributed by atoms with Crippen LogP contribution in [-0.4, -0.2) is 25.5 Å². The van der Waals surface area contributed by atoms with E-state index in [1.165, 1.54) is 14.2 Å². The number of aromatic nitrogens is 1. The molecular formula is C11H14N2O2. The maximum Gasteiger partial charge on any atom is 0.172 e. The van der Waals surface area contributed by atoms with Gasteiger partial charge in [-0.2, -0.15) is 5.26 Å². The number of hydrogen-bond donors (Lipinski definition) is 0. The summed E-state index contributed by atoms with van der Waals surface area (Å²) in [5.74, 6) is -0.316. The number of nitriles is 1. The third-order valence-electron chi connectivity index (χ3n) is 2.14. The maximum absolute atomic E-state index is 8.99. The Bertz CT molecular complexity index is 317. The number of hydrogen-bond acceptors (Lipinski definition) is 4. The summed E-state index contributed by atoms with van der Waals surface area (Å²) in [7, 11) is 3.06. The van der Waals surface area contributed by atoms with Crippen molar-refractivity contribution in [2.45, 2.75) is 12.7 Å². The number of rotatable bonds is 5. The molecule has 1 rings (SSSR count). The van der Waals surface area contributed by atoms with Gasteiger partial charge in [-0.15, -0.1) is 0 Å². The first-order valence-corrected chi connectivity index (χ1v) is 4.66. The Kier molecular flexibility index (Phi) is 4.75. The molecule has 0 saturated carbocycles. The van der Waals surface area contributed by atoms with Gasteiger partial charge in [-0.25, -0.2) is 0 Å². The lowest BCUT2D eigenvalue weighted by Gasteiger charge is -2.18. The SMILES string of the molecule is COC(OC)C(C#N)Cc1cccnc1. The van der Waals surface area contributed by atoms with Crippen molar-refractivity contribution in [2.75, 3.05) is 14.2 Å². The molecule has 80 valence electrons. The number of methoxy groups -OCH3 is 2. The minimum absolute atomic E-state index is 0.316. The van der Waals surface area contributed by atoms with Crippen LogP contribution < -0.4 is 0 Å². The number of nitrogens with zero attached hydrogens (tertiary/aromatic N) is 2. The minimum atomic E-state index is -0.491. The summed E-state index contributed by atoms with van der Waals surface area (Å²) in [6, 6.07) is 5.95. The topological polar surface area (TPSA) is 55.1 Å². The van der Waals surface area contributed by atoms with Crippen molar-refractivity contribution < 1.29 is 9.47 Å². The molecule has 0 aliphatic carbocycles. The van der Waals surface area contributed by atoms with Gasteiger partial charge < -0.3 is 9.47 Å². The van der Waals surface area contributed by atoms with E-state index in [-0.39, 0.29) is 5.92 Å². The first kappa shape index (κ1) is 11.6. The van der Waals surface area contributed by atoms with E-state index in [1.807, 2.05) is 12.1 Å². The Morgan fingerprint density at radius 3 is 2.67 bits per heavy atom. The van der Waals surface area contributed by atoms with Gasteiger partial charge in [0.1, 0.15) is 5.92 Å². The average molecular weight is 206 g/mol. The van der Waals surface area contributed by atoms with E-state index in [1.54, 1.807) is 12.4 Å². The van der Waals surface area contributed by atoms with Crippen LogP contribution in [-0.2, 0) is 15.9 Å². The Morgan fingerprint density at radius 1 is 1.47 bits per heavy atom. The van der Waals surface area contributed by atoms with Gasteiger partial charge in [0.15, 0.2) is 6.29 Å². The van der Waals surface area contributed by atoms with Crippen molar-refractivity contribution in [2.24, 2.45) is 5.92 Å². The van der Waals surface area contributed by atoms with Crippen LogP contribution in [0.3, 0.4) is 0 Å². The van der Waals surface area contributed by atoms with Crippen LogP contribution in [0.15, 0.2) is 24.5 Å². The summed E-state index contributed by atoms with van der Waals surface area (Å²) < 4.78 is 10.1. The highest BCUT2D eigenvalue weighted by molar-refractivity contribution is 5.11. The summed E-state index contributed by atoms with van der Waals surface area (Å²) >= 11 is 0. The predicted octanol–water partition coefficient (Wildman–Crippen LogP) is 1.38. The van der Waals surface area contributed by atoms with E-state index in [0.717, 1.165) is 5.56 Å². The van der Waals surface area contributed by atoms with Gasteiger partial charge >= 0.3 is 0 Å². The Labute approximate surface area is 89.5 Å². The normalized spacial score (nSPS) is 12.4. The monoisotopic (exact) mass is 206 g/mol. The summed E-state index contributed by atoms with van der Waals surface area (Å²) in [5.41, 5.74) is 1.00. The van der Waals surface area contributed by atoms with Crippen LogP contribution in [0.4, 0.5) is 0 Å². The highest BCUT2D eigenvalue weighted by Gasteiger charge is 2.20. The fraction of sp³-hybridized carbons (Fsp3) is 0.455. The van der Waals surface area contributed by atoms with Crippen LogP contribution in [0.25, 0.3) is 0 Å². The van der Waals surface area contributed by atoms with Crippen LogP contribution in [0, 0.1) is 17.2 Å². The second kappa shape index (κ2) is 6.12. The van der Waals surface area contributed by atoms with Crippen molar-refractivity contribution in [3.63, 3.8) is 0 Å². The zero-order chi connectivity index (χ0) is 11.1. The second-order valence-corrected chi connectivity index (χ2v) is 3.14. The Balaban J connectivity index is 2.66. The summed E-state index contributed by atoms with van der Waals surface area (Å²) in [5, 5.41) is 8.99. The molecule has 0 aromatic carbocycles. The fourth-order valence-corrected chi connectivity index (χ4v) is 1.40. The van der Waals surface area contributed by atoms with Crippen LogP contribution >= 0.6 is 0 Å². The first-order chi connectivity index (χ1) is 7.31. The molecule has 0 radical (unpaired) electrons. The van der Waals surface area contributed by atoms with Gasteiger partial charge in [-0.3, -0.25) is 4.98 Å². The van der Waals surface area contributed by atoms with Crippen LogP contribution in [0.2, 0.25) is 0 Å². The fourth-order valence-electron chi connectivity index (χ4n) is 1.40. The largest absolute Gasteiger partial charge is 0.354 e. The molecule has 1 aromatic rings. The molecule has 1 heterocycles. The Morgan fingerprint density at radius 2 is 2.20 bits per heavy atom. The molecular weight excluding hydrogens is 192 g/mol.